The van der Waals surface area contributed by atoms with Crippen molar-refractivity contribution in [1.82, 2.24) is 9.80 Å². The average Bonchev–Trinajstić information content (AvgIpc) is 2.93. The van der Waals surface area contributed by atoms with E-state index in [0.29, 0.717) is 25.5 Å². The number of nitrogens with zero attached hydrogens (tertiary/aromatic N) is 2. The molecule has 1 aliphatic heterocycles. The van der Waals surface area contributed by atoms with Gasteiger partial charge in [-0.25, -0.2) is 0 Å². The molecule has 7 nitrogen and oxygen atoms in total. The SMILES string of the molecule is CN(C)CC1COCCN1C(=O)c1ccco1.O=CO. The fourth-order valence-corrected chi connectivity index (χ4v) is 2.04. The van der Waals surface area contributed by atoms with Gasteiger partial charge in [0.05, 0.1) is 25.5 Å². The zero-order chi connectivity index (χ0) is 15.0. The minimum Gasteiger partial charge on any atom is -0.483 e. The van der Waals surface area contributed by atoms with Crippen LogP contribution in [0.4, 0.5) is 0 Å². The van der Waals surface area contributed by atoms with E-state index in [9.17, 15) is 4.79 Å². The molecule has 1 aromatic heterocycles. The predicted molar refractivity (Wildman–Crippen MR) is 71.6 cm³/mol. The van der Waals surface area contributed by atoms with Crippen molar-refractivity contribution in [2.75, 3.05) is 40.4 Å². The number of carboxylic acid groups (broad SMARTS) is 1. The fourth-order valence-electron chi connectivity index (χ4n) is 2.04. The number of carbonyl (C=O) groups excluding carboxylic acids is 1. The average molecular weight is 284 g/mol. The van der Waals surface area contributed by atoms with Gasteiger partial charge in [-0.15, -0.1) is 0 Å². The Morgan fingerprint density at radius 1 is 1.60 bits per heavy atom. The van der Waals surface area contributed by atoms with Crippen LogP contribution in [0.1, 0.15) is 10.6 Å². The molecule has 0 bridgehead atoms. The number of hydrogen-bond acceptors (Lipinski definition) is 5. The molecule has 1 unspecified atom stereocenters. The van der Waals surface area contributed by atoms with E-state index < -0.39 is 0 Å². The molecule has 2 rings (SSSR count). The van der Waals surface area contributed by atoms with Crippen LogP contribution in [0.5, 0.6) is 0 Å². The van der Waals surface area contributed by atoms with E-state index in [1.165, 1.54) is 6.26 Å². The van der Waals surface area contributed by atoms with E-state index in [1.54, 1.807) is 12.1 Å². The van der Waals surface area contributed by atoms with Gasteiger partial charge in [0, 0.05) is 13.1 Å². The van der Waals surface area contributed by atoms with Gasteiger partial charge >= 0.3 is 0 Å². The highest BCUT2D eigenvalue weighted by molar-refractivity contribution is 5.91. The van der Waals surface area contributed by atoms with Crippen LogP contribution in [0, 0.1) is 0 Å². The summed E-state index contributed by atoms with van der Waals surface area (Å²) in [5.74, 6) is 0.348. The molecular weight excluding hydrogens is 264 g/mol. The number of carbonyl (C=O) groups is 2. The lowest BCUT2D eigenvalue weighted by Gasteiger charge is -2.36. The molecule has 1 saturated heterocycles. The molecule has 0 aromatic carbocycles. The van der Waals surface area contributed by atoms with Gasteiger partial charge in [-0.2, -0.15) is 0 Å². The molecule has 1 fully saturated rings. The molecule has 20 heavy (non-hydrogen) atoms. The lowest BCUT2D eigenvalue weighted by Crippen LogP contribution is -2.52. The molecule has 2 heterocycles. The molecule has 0 radical (unpaired) electrons. The summed E-state index contributed by atoms with van der Waals surface area (Å²) in [5.41, 5.74) is 0. The first kappa shape index (κ1) is 16.2. The summed E-state index contributed by atoms with van der Waals surface area (Å²) in [5, 5.41) is 6.89. The highest BCUT2D eigenvalue weighted by atomic mass is 16.5. The standard InChI is InChI=1S/C12H18N2O3.CH2O2/c1-13(2)8-10-9-16-7-5-14(10)12(15)11-4-3-6-17-11;2-1-3/h3-4,6,10H,5,7-9H2,1-2H3;1H,(H,2,3). The first-order valence-corrected chi connectivity index (χ1v) is 6.25. The van der Waals surface area contributed by atoms with Crippen LogP contribution in [0.25, 0.3) is 0 Å². The van der Waals surface area contributed by atoms with E-state index in [2.05, 4.69) is 4.90 Å². The Labute approximate surface area is 117 Å². The molecule has 1 aliphatic rings. The normalized spacial score (nSPS) is 18.4. The summed E-state index contributed by atoms with van der Waals surface area (Å²) in [7, 11) is 3.98. The molecule has 1 atom stereocenters. The van der Waals surface area contributed by atoms with Crippen LogP contribution in [0.2, 0.25) is 0 Å². The van der Waals surface area contributed by atoms with Crippen molar-refractivity contribution in [3.63, 3.8) is 0 Å². The summed E-state index contributed by atoms with van der Waals surface area (Å²) in [4.78, 5) is 24.5. The fraction of sp³-hybridized carbons (Fsp3) is 0.538. The number of amides is 1. The van der Waals surface area contributed by atoms with Gasteiger partial charge < -0.3 is 24.1 Å². The topological polar surface area (TPSA) is 83.2 Å². The van der Waals surface area contributed by atoms with Gasteiger partial charge in [0.2, 0.25) is 0 Å². The van der Waals surface area contributed by atoms with Crippen molar-refractivity contribution in [2.24, 2.45) is 0 Å². The first-order chi connectivity index (χ1) is 9.60. The number of ether oxygens (including phenoxy) is 1. The Kier molecular flexibility index (Phi) is 6.75. The monoisotopic (exact) mass is 284 g/mol. The minimum atomic E-state index is -0.250. The Hall–Kier alpha value is -1.86. The molecule has 0 saturated carbocycles. The number of morpholine rings is 1. The van der Waals surface area contributed by atoms with Crippen LogP contribution in [0.3, 0.4) is 0 Å². The van der Waals surface area contributed by atoms with Gasteiger partial charge in [-0.05, 0) is 26.2 Å². The van der Waals surface area contributed by atoms with Crippen LogP contribution in [-0.2, 0) is 9.53 Å². The molecule has 0 aliphatic carbocycles. The molecular formula is C13H20N2O5. The van der Waals surface area contributed by atoms with Crippen molar-refractivity contribution in [2.45, 2.75) is 6.04 Å². The largest absolute Gasteiger partial charge is 0.483 e. The van der Waals surface area contributed by atoms with Crippen molar-refractivity contribution >= 4 is 12.4 Å². The lowest BCUT2D eigenvalue weighted by atomic mass is 10.2. The molecule has 1 N–H and O–H groups in total. The van der Waals surface area contributed by atoms with E-state index in [-0.39, 0.29) is 18.4 Å². The zero-order valence-electron chi connectivity index (χ0n) is 11.7. The van der Waals surface area contributed by atoms with Crippen molar-refractivity contribution in [1.29, 1.82) is 0 Å². The maximum absolute atomic E-state index is 12.2. The summed E-state index contributed by atoms with van der Waals surface area (Å²) in [6, 6.07) is 3.52. The number of rotatable bonds is 3. The zero-order valence-corrected chi connectivity index (χ0v) is 11.7. The van der Waals surface area contributed by atoms with Crippen LogP contribution in [-0.4, -0.2) is 73.7 Å². The van der Waals surface area contributed by atoms with Crippen molar-refractivity contribution < 1.29 is 23.8 Å². The summed E-state index contributed by atoms with van der Waals surface area (Å²) >= 11 is 0. The van der Waals surface area contributed by atoms with Gasteiger partial charge in [0.25, 0.3) is 12.4 Å². The van der Waals surface area contributed by atoms with Crippen LogP contribution in [0.15, 0.2) is 22.8 Å². The van der Waals surface area contributed by atoms with E-state index in [4.69, 9.17) is 19.1 Å². The van der Waals surface area contributed by atoms with Crippen LogP contribution >= 0.6 is 0 Å². The minimum absolute atomic E-state index is 0.0508. The van der Waals surface area contributed by atoms with Crippen molar-refractivity contribution in [3.8, 4) is 0 Å². The first-order valence-electron chi connectivity index (χ1n) is 6.25. The molecule has 112 valence electrons. The third-order valence-electron chi connectivity index (χ3n) is 2.80. The van der Waals surface area contributed by atoms with Gasteiger partial charge in [0.15, 0.2) is 5.76 Å². The molecule has 0 spiro atoms. The smallest absolute Gasteiger partial charge is 0.290 e. The second kappa shape index (κ2) is 8.34. The van der Waals surface area contributed by atoms with E-state index in [1.807, 2.05) is 19.0 Å². The van der Waals surface area contributed by atoms with Crippen molar-refractivity contribution in [3.05, 3.63) is 24.2 Å². The third-order valence-corrected chi connectivity index (χ3v) is 2.80. The summed E-state index contributed by atoms with van der Waals surface area (Å²) in [6.45, 7) is 2.35. The highest BCUT2D eigenvalue weighted by Crippen LogP contribution is 2.13. The predicted octanol–water partition coefficient (Wildman–Crippen LogP) is 0.383. The Morgan fingerprint density at radius 3 is 2.85 bits per heavy atom. The second-order valence-electron chi connectivity index (χ2n) is 4.57. The van der Waals surface area contributed by atoms with Crippen LogP contribution < -0.4 is 0 Å². The number of likely N-dealkylation sites (N-methyl/N-ethyl adjacent to an activating group) is 1. The lowest BCUT2D eigenvalue weighted by molar-refractivity contribution is -0.122. The maximum atomic E-state index is 12.2. The van der Waals surface area contributed by atoms with Gasteiger partial charge in [-0.1, -0.05) is 0 Å². The van der Waals surface area contributed by atoms with E-state index in [0.717, 1.165) is 6.54 Å². The van der Waals surface area contributed by atoms with E-state index >= 15 is 0 Å². The maximum Gasteiger partial charge on any atom is 0.290 e. The number of hydrogen-bond donors (Lipinski definition) is 1. The number of furan rings is 1. The van der Waals surface area contributed by atoms with Gasteiger partial charge in [-0.3, -0.25) is 9.59 Å². The molecule has 7 heteroatoms. The quantitative estimate of drug-likeness (QED) is 0.808. The Balaban J connectivity index is 0.000000612. The Bertz CT molecular complexity index is 405. The molecule has 1 aromatic rings. The van der Waals surface area contributed by atoms with Gasteiger partial charge in [0.1, 0.15) is 0 Å². The third kappa shape index (κ3) is 4.67. The highest BCUT2D eigenvalue weighted by Gasteiger charge is 2.29. The summed E-state index contributed by atoms with van der Waals surface area (Å²) < 4.78 is 10.6. The Morgan fingerprint density at radius 2 is 2.30 bits per heavy atom. The second-order valence-corrected chi connectivity index (χ2v) is 4.57. The molecule has 1 amide bonds. The summed E-state index contributed by atoms with van der Waals surface area (Å²) in [6.07, 6.45) is 1.52.